The topological polar surface area (TPSA) is 108 Å². The normalized spacial score (nSPS) is 18.9. The summed E-state index contributed by atoms with van der Waals surface area (Å²) in [4.78, 5) is 37.2. The summed E-state index contributed by atoms with van der Waals surface area (Å²) >= 11 is 5.69. The summed E-state index contributed by atoms with van der Waals surface area (Å²) in [6.07, 6.45) is 0.556. The molecule has 0 aromatic carbocycles. The van der Waals surface area contributed by atoms with Crippen molar-refractivity contribution in [3.8, 4) is 0 Å². The zero-order valence-electron chi connectivity index (χ0n) is 9.64. The number of nitrogens with zero attached hydrogens (tertiary/aromatic N) is 1. The number of carbonyl (C=O) groups excluding carboxylic acids is 2. The Kier molecular flexibility index (Phi) is 3.66. The molecule has 19 heavy (non-hydrogen) atoms. The molecule has 7 nitrogen and oxygen atoms in total. The van der Waals surface area contributed by atoms with E-state index in [1.54, 1.807) is 0 Å². The van der Waals surface area contributed by atoms with Crippen molar-refractivity contribution < 1.29 is 19.5 Å². The van der Waals surface area contributed by atoms with Crippen molar-refractivity contribution in [1.82, 2.24) is 10.3 Å². The third-order valence-electron chi connectivity index (χ3n) is 2.61. The predicted molar refractivity (Wildman–Crippen MR) is 66.0 cm³/mol. The molecule has 0 spiro atoms. The number of hydrogen-bond donors (Lipinski definition) is 3. The van der Waals surface area contributed by atoms with Gasteiger partial charge < -0.3 is 10.4 Å². The summed E-state index contributed by atoms with van der Waals surface area (Å²) in [5, 5.41) is 13.9. The molecule has 0 aliphatic carbocycles. The van der Waals surface area contributed by atoms with Gasteiger partial charge in [-0.2, -0.15) is 0 Å². The van der Waals surface area contributed by atoms with Gasteiger partial charge in [0.1, 0.15) is 11.9 Å². The molecule has 1 fully saturated rings. The second kappa shape index (κ2) is 5.23. The van der Waals surface area contributed by atoms with Crippen LogP contribution in [0.5, 0.6) is 0 Å². The van der Waals surface area contributed by atoms with Crippen LogP contribution in [-0.2, 0) is 9.59 Å². The van der Waals surface area contributed by atoms with Crippen LogP contribution in [0.3, 0.4) is 0 Å². The van der Waals surface area contributed by atoms with E-state index in [2.05, 4.69) is 15.6 Å². The molecule has 1 atom stereocenters. The average Bonchev–Trinajstić information content (AvgIpc) is 2.34. The van der Waals surface area contributed by atoms with E-state index in [1.807, 2.05) is 0 Å². The van der Waals surface area contributed by atoms with Gasteiger partial charge in [-0.15, -0.1) is 0 Å². The lowest BCUT2D eigenvalue weighted by molar-refractivity contribution is -0.133. The fraction of sp³-hybridized carbons (Fsp3) is 0.273. The minimum atomic E-state index is -1.25. The van der Waals surface area contributed by atoms with E-state index in [-0.39, 0.29) is 28.9 Å². The van der Waals surface area contributed by atoms with Crippen LogP contribution in [0.15, 0.2) is 12.1 Å². The highest BCUT2D eigenvalue weighted by molar-refractivity contribution is 6.33. The van der Waals surface area contributed by atoms with Crippen LogP contribution < -0.4 is 10.6 Å². The van der Waals surface area contributed by atoms with Gasteiger partial charge in [-0.1, -0.05) is 11.6 Å². The number of rotatable bonds is 3. The van der Waals surface area contributed by atoms with Crippen LogP contribution in [-0.4, -0.2) is 33.9 Å². The smallest absolute Gasteiger partial charge is 0.356 e. The van der Waals surface area contributed by atoms with E-state index in [9.17, 15) is 14.4 Å². The molecule has 1 saturated heterocycles. The van der Waals surface area contributed by atoms with Gasteiger partial charge in [0.25, 0.3) is 0 Å². The predicted octanol–water partition coefficient (Wildman–Crippen LogP) is 0.650. The lowest BCUT2D eigenvalue weighted by Crippen LogP contribution is -2.47. The number of imide groups is 1. The van der Waals surface area contributed by atoms with Crippen LogP contribution in [0.4, 0.5) is 5.82 Å². The van der Waals surface area contributed by atoms with Crippen LogP contribution in [0.25, 0.3) is 0 Å². The fourth-order valence-corrected chi connectivity index (χ4v) is 1.87. The molecule has 0 bridgehead atoms. The molecule has 8 heteroatoms. The van der Waals surface area contributed by atoms with Gasteiger partial charge in [-0.3, -0.25) is 14.9 Å². The Balaban J connectivity index is 2.15. The molecule has 1 aromatic rings. The number of anilines is 1. The number of aromatic nitrogens is 1. The second-order valence-electron chi connectivity index (χ2n) is 3.98. The monoisotopic (exact) mass is 283 g/mol. The Morgan fingerprint density at radius 2 is 2.21 bits per heavy atom. The van der Waals surface area contributed by atoms with E-state index in [0.29, 0.717) is 6.42 Å². The van der Waals surface area contributed by atoms with Crippen molar-refractivity contribution in [1.29, 1.82) is 0 Å². The number of carbonyl (C=O) groups is 3. The van der Waals surface area contributed by atoms with E-state index < -0.39 is 17.9 Å². The number of amides is 2. The third kappa shape index (κ3) is 3.00. The second-order valence-corrected chi connectivity index (χ2v) is 4.39. The molecule has 1 aliphatic heterocycles. The van der Waals surface area contributed by atoms with Gasteiger partial charge >= 0.3 is 5.97 Å². The Hall–Kier alpha value is -2.15. The van der Waals surface area contributed by atoms with E-state index in [0.717, 1.165) is 0 Å². The third-order valence-corrected chi connectivity index (χ3v) is 2.91. The molecule has 2 amide bonds. The van der Waals surface area contributed by atoms with Gasteiger partial charge in [-0.25, -0.2) is 9.78 Å². The van der Waals surface area contributed by atoms with E-state index in [4.69, 9.17) is 16.7 Å². The largest absolute Gasteiger partial charge is 0.476 e. The quantitative estimate of drug-likeness (QED) is 0.703. The number of carboxylic acids is 1. The number of pyridine rings is 1. The standard InChI is InChI=1S/C11H10ClN3O4/c12-5-1-3-7(14-9(5)11(18)19)13-6-2-4-8(16)15-10(6)17/h1,3,6H,2,4H2,(H,13,14)(H,18,19)(H,15,16,17). The van der Waals surface area contributed by atoms with Crippen LogP contribution in [0, 0.1) is 0 Å². The Bertz CT molecular complexity index is 561. The highest BCUT2D eigenvalue weighted by atomic mass is 35.5. The van der Waals surface area contributed by atoms with Crippen LogP contribution in [0.2, 0.25) is 5.02 Å². The summed E-state index contributed by atoms with van der Waals surface area (Å²) in [7, 11) is 0. The lowest BCUT2D eigenvalue weighted by atomic mass is 10.1. The fourth-order valence-electron chi connectivity index (χ4n) is 1.68. The number of aromatic carboxylic acids is 1. The Morgan fingerprint density at radius 1 is 1.47 bits per heavy atom. The number of carboxylic acid groups (broad SMARTS) is 1. The van der Waals surface area contributed by atoms with E-state index >= 15 is 0 Å². The van der Waals surface area contributed by atoms with Crippen LogP contribution in [0.1, 0.15) is 23.3 Å². The first-order valence-electron chi connectivity index (χ1n) is 5.47. The first-order chi connectivity index (χ1) is 8.97. The summed E-state index contributed by atoms with van der Waals surface area (Å²) in [5.74, 6) is -1.81. The zero-order valence-corrected chi connectivity index (χ0v) is 10.4. The number of hydrogen-bond acceptors (Lipinski definition) is 5. The first kappa shape index (κ1) is 13.3. The molecule has 1 aromatic heterocycles. The van der Waals surface area contributed by atoms with Crippen molar-refractivity contribution >= 4 is 35.2 Å². The van der Waals surface area contributed by atoms with Crippen molar-refractivity contribution in [3.63, 3.8) is 0 Å². The van der Waals surface area contributed by atoms with Crippen molar-refractivity contribution in [2.75, 3.05) is 5.32 Å². The minimum Gasteiger partial charge on any atom is -0.476 e. The SMILES string of the molecule is O=C1CCC(Nc2ccc(Cl)c(C(=O)O)n2)C(=O)N1. The van der Waals surface area contributed by atoms with Gasteiger partial charge in [-0.05, 0) is 18.6 Å². The molecular formula is C11H10ClN3O4. The van der Waals surface area contributed by atoms with Crippen molar-refractivity contribution in [2.45, 2.75) is 18.9 Å². The highest BCUT2D eigenvalue weighted by Gasteiger charge is 2.26. The van der Waals surface area contributed by atoms with Gasteiger partial charge in [0.15, 0.2) is 5.69 Å². The summed E-state index contributed by atoms with van der Waals surface area (Å²) in [6.45, 7) is 0. The minimum absolute atomic E-state index is 0.0151. The summed E-state index contributed by atoms with van der Waals surface area (Å²) < 4.78 is 0. The molecule has 2 rings (SSSR count). The Labute approximate surface area is 113 Å². The highest BCUT2D eigenvalue weighted by Crippen LogP contribution is 2.18. The van der Waals surface area contributed by atoms with E-state index in [1.165, 1.54) is 12.1 Å². The maximum atomic E-state index is 11.5. The Morgan fingerprint density at radius 3 is 2.84 bits per heavy atom. The lowest BCUT2D eigenvalue weighted by Gasteiger charge is -2.22. The molecule has 1 aliphatic rings. The zero-order chi connectivity index (χ0) is 14.0. The number of halogens is 1. The number of nitrogens with one attached hydrogen (secondary N) is 2. The molecule has 0 saturated carbocycles. The maximum absolute atomic E-state index is 11.5. The van der Waals surface area contributed by atoms with Crippen molar-refractivity contribution in [2.24, 2.45) is 0 Å². The average molecular weight is 284 g/mol. The molecule has 3 N–H and O–H groups in total. The summed E-state index contributed by atoms with van der Waals surface area (Å²) in [5.41, 5.74) is -0.293. The molecule has 1 unspecified atom stereocenters. The molecular weight excluding hydrogens is 274 g/mol. The van der Waals surface area contributed by atoms with Crippen LogP contribution >= 0.6 is 11.6 Å². The van der Waals surface area contributed by atoms with Crippen molar-refractivity contribution in [3.05, 3.63) is 22.8 Å². The number of piperidine rings is 1. The molecule has 0 radical (unpaired) electrons. The maximum Gasteiger partial charge on any atom is 0.356 e. The van der Waals surface area contributed by atoms with Gasteiger partial charge in [0.05, 0.1) is 5.02 Å². The summed E-state index contributed by atoms with van der Waals surface area (Å²) in [6, 6.07) is 2.23. The first-order valence-corrected chi connectivity index (χ1v) is 5.85. The molecule has 2 heterocycles. The van der Waals surface area contributed by atoms with Gasteiger partial charge in [0, 0.05) is 6.42 Å². The molecule has 100 valence electrons. The van der Waals surface area contributed by atoms with Gasteiger partial charge in [0.2, 0.25) is 11.8 Å².